The molecule has 0 spiro atoms. The molecule has 1 N–H and O–H groups in total. The van der Waals surface area contributed by atoms with Crippen LogP contribution in [0.2, 0.25) is 0 Å². The van der Waals surface area contributed by atoms with Gasteiger partial charge in [0.05, 0.1) is 0 Å². The minimum Gasteiger partial charge on any atom is -0.378 e. The van der Waals surface area contributed by atoms with Crippen molar-refractivity contribution in [2.75, 3.05) is 0 Å². The predicted molar refractivity (Wildman–Crippen MR) is 72.9 cm³/mol. The minimum atomic E-state index is -0.626. The van der Waals surface area contributed by atoms with E-state index in [9.17, 15) is 0 Å². The fraction of sp³-hybridized carbons (Fsp3) is 1.00. The highest BCUT2D eigenvalue weighted by Crippen LogP contribution is 2.12. The van der Waals surface area contributed by atoms with Crippen molar-refractivity contribution in [3.8, 4) is 0 Å². The van der Waals surface area contributed by atoms with Gasteiger partial charge in [-0.2, -0.15) is 0 Å². The van der Waals surface area contributed by atoms with E-state index in [4.69, 9.17) is 16.7 Å². The van der Waals surface area contributed by atoms with Crippen molar-refractivity contribution in [1.29, 1.82) is 0 Å². The fourth-order valence-corrected chi connectivity index (χ4v) is 2.13. The molecule has 0 aromatic carbocycles. The van der Waals surface area contributed by atoms with Crippen molar-refractivity contribution in [3.63, 3.8) is 0 Å². The summed E-state index contributed by atoms with van der Waals surface area (Å²) >= 11 is 5.46. The van der Waals surface area contributed by atoms with Gasteiger partial charge in [0.15, 0.2) is 0 Å². The Kier molecular flexibility index (Phi) is 13.5. The third-order valence-electron chi connectivity index (χ3n) is 3.05. The van der Waals surface area contributed by atoms with Gasteiger partial charge in [0, 0.05) is 0 Å². The Morgan fingerprint density at radius 2 is 1.12 bits per heavy atom. The van der Waals surface area contributed by atoms with Crippen LogP contribution in [0.15, 0.2) is 0 Å². The van der Waals surface area contributed by atoms with Gasteiger partial charge in [-0.3, -0.25) is 0 Å². The zero-order valence-corrected chi connectivity index (χ0v) is 11.6. The number of halogens is 1. The maximum Gasteiger partial charge on any atom is 0.128 e. The summed E-state index contributed by atoms with van der Waals surface area (Å²) in [7, 11) is 0. The number of alkyl halides is 1. The molecule has 0 aliphatic rings. The Morgan fingerprint density at radius 3 is 1.50 bits per heavy atom. The van der Waals surface area contributed by atoms with E-state index in [1.54, 1.807) is 0 Å². The molecule has 16 heavy (non-hydrogen) atoms. The first-order valence-electron chi connectivity index (χ1n) is 7.09. The molecule has 0 fully saturated rings. The fourth-order valence-electron chi connectivity index (χ4n) is 1.98. The highest BCUT2D eigenvalue weighted by Gasteiger charge is 1.97. The third-order valence-corrected chi connectivity index (χ3v) is 3.26. The maximum absolute atomic E-state index is 8.86. The second-order valence-corrected chi connectivity index (χ2v) is 5.26. The summed E-state index contributed by atoms with van der Waals surface area (Å²) in [6.45, 7) is 2.26. The van der Waals surface area contributed by atoms with Crippen LogP contribution in [0, 0.1) is 0 Å². The molecular weight excluding hydrogens is 220 g/mol. The summed E-state index contributed by atoms with van der Waals surface area (Å²) in [5, 5.41) is 8.86. The van der Waals surface area contributed by atoms with Gasteiger partial charge in [-0.1, -0.05) is 82.7 Å². The molecule has 0 heterocycles. The Balaban J connectivity index is 2.88. The van der Waals surface area contributed by atoms with E-state index in [0.717, 1.165) is 12.8 Å². The van der Waals surface area contributed by atoms with Gasteiger partial charge in [0.2, 0.25) is 0 Å². The summed E-state index contributed by atoms with van der Waals surface area (Å²) in [6, 6.07) is 0. The van der Waals surface area contributed by atoms with Crippen LogP contribution in [0.1, 0.15) is 84.0 Å². The molecule has 1 atom stereocenters. The van der Waals surface area contributed by atoms with Crippen LogP contribution in [0.3, 0.4) is 0 Å². The number of unbranched alkanes of at least 4 members (excludes halogenated alkanes) is 10. The minimum absolute atomic E-state index is 0.626. The average molecular weight is 249 g/mol. The molecule has 0 aliphatic heterocycles. The van der Waals surface area contributed by atoms with Crippen LogP contribution in [-0.2, 0) is 0 Å². The highest BCUT2D eigenvalue weighted by molar-refractivity contribution is 6.19. The van der Waals surface area contributed by atoms with Crippen molar-refractivity contribution in [2.24, 2.45) is 0 Å². The number of rotatable bonds is 12. The molecule has 0 aromatic rings. The van der Waals surface area contributed by atoms with Crippen LogP contribution in [-0.4, -0.2) is 10.7 Å². The Morgan fingerprint density at radius 1 is 0.750 bits per heavy atom. The van der Waals surface area contributed by atoms with E-state index < -0.39 is 5.56 Å². The van der Waals surface area contributed by atoms with Crippen LogP contribution in [0.4, 0.5) is 0 Å². The zero-order chi connectivity index (χ0) is 12.1. The molecule has 0 rings (SSSR count). The van der Waals surface area contributed by atoms with Gasteiger partial charge >= 0.3 is 0 Å². The Hall–Kier alpha value is 0.250. The molecule has 0 aliphatic carbocycles. The SMILES string of the molecule is CCCCCCCCCCCCCC(O)Cl. The van der Waals surface area contributed by atoms with Crippen LogP contribution in [0.5, 0.6) is 0 Å². The molecule has 98 valence electrons. The number of aliphatic hydroxyl groups is 1. The van der Waals surface area contributed by atoms with E-state index in [1.807, 2.05) is 0 Å². The molecule has 1 unspecified atom stereocenters. The van der Waals surface area contributed by atoms with Crippen LogP contribution < -0.4 is 0 Å². The van der Waals surface area contributed by atoms with Crippen molar-refractivity contribution in [3.05, 3.63) is 0 Å². The Bertz CT molecular complexity index is 126. The highest BCUT2D eigenvalue weighted by atomic mass is 35.5. The zero-order valence-electron chi connectivity index (χ0n) is 10.9. The molecule has 0 bridgehead atoms. The molecule has 0 radical (unpaired) electrons. The van der Waals surface area contributed by atoms with Crippen molar-refractivity contribution in [2.45, 2.75) is 89.5 Å². The number of hydrogen-bond donors (Lipinski definition) is 1. The summed E-state index contributed by atoms with van der Waals surface area (Å²) in [6.07, 6.45) is 15.5. The molecular formula is C14H29ClO. The molecule has 0 aromatic heterocycles. The summed E-state index contributed by atoms with van der Waals surface area (Å²) in [5.74, 6) is 0. The van der Waals surface area contributed by atoms with Crippen molar-refractivity contribution < 1.29 is 5.11 Å². The maximum atomic E-state index is 8.86. The van der Waals surface area contributed by atoms with Gasteiger partial charge in [-0.05, 0) is 12.8 Å². The quantitative estimate of drug-likeness (QED) is 0.370. The molecule has 1 nitrogen and oxygen atoms in total. The van der Waals surface area contributed by atoms with Gasteiger partial charge in [0.25, 0.3) is 0 Å². The first-order chi connectivity index (χ1) is 7.77. The molecule has 0 saturated heterocycles. The first-order valence-corrected chi connectivity index (χ1v) is 7.53. The second kappa shape index (κ2) is 13.3. The summed E-state index contributed by atoms with van der Waals surface area (Å²) in [4.78, 5) is 0. The first kappa shape index (κ1) is 16.2. The van der Waals surface area contributed by atoms with Gasteiger partial charge < -0.3 is 5.11 Å². The van der Waals surface area contributed by atoms with E-state index >= 15 is 0 Å². The number of hydrogen-bond acceptors (Lipinski definition) is 1. The largest absolute Gasteiger partial charge is 0.378 e. The standard InChI is InChI=1S/C14H29ClO/c1-2-3-4-5-6-7-8-9-10-11-12-13-14(15)16/h14,16H,2-13H2,1H3. The van der Waals surface area contributed by atoms with Gasteiger partial charge in [-0.25, -0.2) is 0 Å². The lowest BCUT2D eigenvalue weighted by Gasteiger charge is -2.03. The van der Waals surface area contributed by atoms with E-state index in [-0.39, 0.29) is 0 Å². The normalized spacial score (nSPS) is 12.9. The van der Waals surface area contributed by atoms with Gasteiger partial charge in [-0.15, -0.1) is 0 Å². The third kappa shape index (κ3) is 14.2. The lowest BCUT2D eigenvalue weighted by molar-refractivity contribution is 0.240. The van der Waals surface area contributed by atoms with E-state index in [1.165, 1.54) is 64.2 Å². The van der Waals surface area contributed by atoms with E-state index in [0.29, 0.717) is 0 Å². The number of aliphatic hydroxyl groups excluding tert-OH is 1. The van der Waals surface area contributed by atoms with Crippen LogP contribution >= 0.6 is 11.6 Å². The monoisotopic (exact) mass is 248 g/mol. The smallest absolute Gasteiger partial charge is 0.128 e. The summed E-state index contributed by atoms with van der Waals surface area (Å²) < 4.78 is 0. The topological polar surface area (TPSA) is 20.2 Å². The molecule has 2 heteroatoms. The van der Waals surface area contributed by atoms with Crippen LogP contribution in [0.25, 0.3) is 0 Å². The van der Waals surface area contributed by atoms with Crippen molar-refractivity contribution >= 4 is 11.6 Å². The average Bonchev–Trinajstić information content (AvgIpc) is 2.25. The van der Waals surface area contributed by atoms with Crippen molar-refractivity contribution in [1.82, 2.24) is 0 Å². The lowest BCUT2D eigenvalue weighted by atomic mass is 10.1. The lowest BCUT2D eigenvalue weighted by Crippen LogP contribution is -1.94. The molecule has 0 amide bonds. The Labute approximate surface area is 107 Å². The van der Waals surface area contributed by atoms with E-state index in [2.05, 4.69) is 6.92 Å². The summed E-state index contributed by atoms with van der Waals surface area (Å²) in [5.41, 5.74) is -0.626. The predicted octanol–water partition coefficient (Wildman–Crippen LogP) is 5.24. The molecule has 0 saturated carbocycles. The van der Waals surface area contributed by atoms with Gasteiger partial charge in [0.1, 0.15) is 5.56 Å². The second-order valence-electron chi connectivity index (χ2n) is 4.76.